The van der Waals surface area contributed by atoms with E-state index in [0.29, 0.717) is 0 Å². The molecule has 116 valence electrons. The topological polar surface area (TPSA) is 107 Å². The summed E-state index contributed by atoms with van der Waals surface area (Å²) in [5, 5.41) is 11.1. The Balaban J connectivity index is 2.31. The van der Waals surface area contributed by atoms with E-state index in [9.17, 15) is 24.3 Å². The number of carbonyl (C=O) groups is 4. The highest BCUT2D eigenvalue weighted by molar-refractivity contribution is 8.00. The van der Waals surface area contributed by atoms with Crippen LogP contribution in [0.4, 0.5) is 4.79 Å². The van der Waals surface area contributed by atoms with Crippen LogP contribution in [-0.2, 0) is 14.4 Å². The molecule has 0 bridgehead atoms. The fraction of sp³-hybridized carbons (Fsp3) is 0.667. The first kappa shape index (κ1) is 15.6. The summed E-state index contributed by atoms with van der Waals surface area (Å²) < 4.78 is 0. The molecule has 2 fully saturated rings. The van der Waals surface area contributed by atoms with E-state index in [4.69, 9.17) is 0 Å². The second kappa shape index (κ2) is 5.21. The van der Waals surface area contributed by atoms with E-state index in [2.05, 4.69) is 5.32 Å². The zero-order valence-corrected chi connectivity index (χ0v) is 12.8. The van der Waals surface area contributed by atoms with Crippen molar-refractivity contribution in [1.82, 2.24) is 15.1 Å². The third-order valence-electron chi connectivity index (χ3n) is 3.74. The summed E-state index contributed by atoms with van der Waals surface area (Å²) in [7, 11) is 0. The molecule has 0 aliphatic carbocycles. The van der Waals surface area contributed by atoms with Crippen molar-refractivity contribution in [2.24, 2.45) is 0 Å². The van der Waals surface area contributed by atoms with Gasteiger partial charge in [0.15, 0.2) is 0 Å². The summed E-state index contributed by atoms with van der Waals surface area (Å²) in [5.74, 6) is -1.94. The molecule has 2 aliphatic rings. The quantitative estimate of drug-likeness (QED) is 0.643. The van der Waals surface area contributed by atoms with E-state index >= 15 is 0 Å². The smallest absolute Gasteiger partial charge is 0.327 e. The largest absolute Gasteiger partial charge is 0.480 e. The first-order chi connectivity index (χ1) is 9.66. The van der Waals surface area contributed by atoms with Gasteiger partial charge in [-0.3, -0.25) is 19.8 Å². The summed E-state index contributed by atoms with van der Waals surface area (Å²) >= 11 is 1.35. The van der Waals surface area contributed by atoms with Crippen molar-refractivity contribution in [1.29, 1.82) is 0 Å². The summed E-state index contributed by atoms with van der Waals surface area (Å²) in [6.45, 7) is 4.51. The predicted octanol–water partition coefficient (Wildman–Crippen LogP) is -0.309. The van der Waals surface area contributed by atoms with Crippen molar-refractivity contribution in [3.63, 3.8) is 0 Å². The molecule has 2 rings (SSSR count). The number of piperazine rings is 1. The Hall–Kier alpha value is -1.77. The first-order valence-corrected chi connectivity index (χ1v) is 7.49. The van der Waals surface area contributed by atoms with Crippen LogP contribution in [-0.4, -0.2) is 68.0 Å². The molecule has 0 spiro atoms. The molecule has 0 aromatic carbocycles. The van der Waals surface area contributed by atoms with Crippen molar-refractivity contribution in [2.75, 3.05) is 12.3 Å². The third kappa shape index (κ3) is 2.57. The molecular formula is C12H17N3O5S. The fourth-order valence-corrected chi connectivity index (χ4v) is 3.51. The number of hydrogen-bond donors (Lipinski definition) is 2. The normalized spacial score (nSPS) is 28.5. The SMILES string of the molecule is CC1SCC(C(=O)O)N1C(=O)N1CC(=O)NC(=O)C1(C)C. The number of urea groups is 1. The number of carboxylic acid groups (broad SMARTS) is 1. The number of rotatable bonds is 1. The number of carbonyl (C=O) groups excluding carboxylic acids is 3. The van der Waals surface area contributed by atoms with Gasteiger partial charge in [-0.2, -0.15) is 0 Å². The number of nitrogens with one attached hydrogen (secondary N) is 1. The van der Waals surface area contributed by atoms with Gasteiger partial charge < -0.3 is 10.0 Å². The lowest BCUT2D eigenvalue weighted by Crippen LogP contribution is -2.68. The van der Waals surface area contributed by atoms with Gasteiger partial charge >= 0.3 is 12.0 Å². The highest BCUT2D eigenvalue weighted by Crippen LogP contribution is 2.32. The van der Waals surface area contributed by atoms with Gasteiger partial charge in [-0.1, -0.05) is 0 Å². The zero-order valence-electron chi connectivity index (χ0n) is 12.0. The minimum absolute atomic E-state index is 0.266. The maximum absolute atomic E-state index is 12.7. The van der Waals surface area contributed by atoms with Crippen LogP contribution in [0.25, 0.3) is 0 Å². The van der Waals surface area contributed by atoms with Crippen LogP contribution in [0.1, 0.15) is 20.8 Å². The Kier molecular flexibility index (Phi) is 3.87. The van der Waals surface area contributed by atoms with E-state index < -0.39 is 35.4 Å². The standard InChI is InChI=1S/C12H17N3O5S/c1-6-15(7(5-21-6)9(17)18)11(20)14-4-8(16)13-10(19)12(14,2)3/h6-7H,4-5H2,1-3H3,(H,17,18)(H,13,16,19). The lowest BCUT2D eigenvalue weighted by Gasteiger charge is -2.43. The van der Waals surface area contributed by atoms with Crippen LogP contribution >= 0.6 is 11.8 Å². The van der Waals surface area contributed by atoms with E-state index in [1.165, 1.54) is 30.5 Å². The maximum Gasteiger partial charge on any atom is 0.327 e. The fourth-order valence-electron chi connectivity index (χ4n) is 2.35. The maximum atomic E-state index is 12.7. The molecule has 9 heteroatoms. The molecule has 2 heterocycles. The van der Waals surface area contributed by atoms with Crippen LogP contribution in [0.3, 0.4) is 0 Å². The molecule has 2 saturated heterocycles. The predicted molar refractivity (Wildman–Crippen MR) is 74.5 cm³/mol. The van der Waals surface area contributed by atoms with Gasteiger partial charge in [-0.05, 0) is 20.8 Å². The Bertz CT molecular complexity index is 521. The molecule has 8 nitrogen and oxygen atoms in total. The Morgan fingerprint density at radius 3 is 2.57 bits per heavy atom. The molecule has 2 atom stereocenters. The first-order valence-electron chi connectivity index (χ1n) is 6.45. The minimum atomic E-state index is -1.21. The molecule has 2 unspecified atom stereocenters. The molecule has 21 heavy (non-hydrogen) atoms. The van der Waals surface area contributed by atoms with Gasteiger partial charge in [0.1, 0.15) is 18.1 Å². The zero-order chi connectivity index (χ0) is 15.9. The number of imide groups is 1. The summed E-state index contributed by atoms with van der Waals surface area (Å²) in [4.78, 5) is 49.7. The number of thioether (sulfide) groups is 1. The van der Waals surface area contributed by atoms with Gasteiger partial charge in [-0.25, -0.2) is 9.59 Å². The summed E-state index contributed by atoms with van der Waals surface area (Å²) in [5.41, 5.74) is -1.21. The average Bonchev–Trinajstić information content (AvgIpc) is 2.75. The van der Waals surface area contributed by atoms with Crippen molar-refractivity contribution in [3.05, 3.63) is 0 Å². The Labute approximate surface area is 125 Å². The lowest BCUT2D eigenvalue weighted by molar-refractivity contribution is -0.143. The monoisotopic (exact) mass is 315 g/mol. The van der Waals surface area contributed by atoms with Crippen molar-refractivity contribution in [3.8, 4) is 0 Å². The number of aliphatic carboxylic acids is 1. The van der Waals surface area contributed by atoms with Crippen LogP contribution in [0.2, 0.25) is 0 Å². The van der Waals surface area contributed by atoms with E-state index in [1.54, 1.807) is 6.92 Å². The Morgan fingerprint density at radius 1 is 1.38 bits per heavy atom. The number of hydrogen-bond acceptors (Lipinski definition) is 5. The van der Waals surface area contributed by atoms with Crippen LogP contribution in [0.5, 0.6) is 0 Å². The summed E-state index contributed by atoms with van der Waals surface area (Å²) in [6.07, 6.45) is 0. The second-order valence-electron chi connectivity index (χ2n) is 5.50. The molecule has 0 radical (unpaired) electrons. The van der Waals surface area contributed by atoms with E-state index in [1.807, 2.05) is 0 Å². The van der Waals surface area contributed by atoms with Crippen molar-refractivity contribution in [2.45, 2.75) is 37.7 Å². The van der Waals surface area contributed by atoms with Crippen LogP contribution in [0, 0.1) is 0 Å². The molecule has 0 aromatic rings. The van der Waals surface area contributed by atoms with Gasteiger partial charge in [0.25, 0.3) is 5.91 Å². The molecule has 2 N–H and O–H groups in total. The minimum Gasteiger partial charge on any atom is -0.480 e. The van der Waals surface area contributed by atoms with Crippen LogP contribution < -0.4 is 5.32 Å². The molecule has 0 saturated carbocycles. The molecular weight excluding hydrogens is 298 g/mol. The average molecular weight is 315 g/mol. The summed E-state index contributed by atoms with van der Waals surface area (Å²) in [6, 6.07) is -1.55. The van der Waals surface area contributed by atoms with E-state index in [-0.39, 0.29) is 17.7 Å². The van der Waals surface area contributed by atoms with Crippen LogP contribution in [0.15, 0.2) is 0 Å². The van der Waals surface area contributed by atoms with Gasteiger partial charge in [-0.15, -0.1) is 11.8 Å². The van der Waals surface area contributed by atoms with Crippen molar-refractivity contribution >= 4 is 35.6 Å². The lowest BCUT2D eigenvalue weighted by atomic mass is 9.99. The highest BCUT2D eigenvalue weighted by Gasteiger charge is 2.49. The number of carboxylic acids is 1. The second-order valence-corrected chi connectivity index (χ2v) is 6.85. The highest BCUT2D eigenvalue weighted by atomic mass is 32.2. The van der Waals surface area contributed by atoms with Gasteiger partial charge in [0.2, 0.25) is 5.91 Å². The van der Waals surface area contributed by atoms with Crippen molar-refractivity contribution < 1.29 is 24.3 Å². The van der Waals surface area contributed by atoms with Gasteiger partial charge in [0.05, 0.1) is 5.37 Å². The third-order valence-corrected chi connectivity index (χ3v) is 4.96. The molecule has 0 aromatic heterocycles. The Morgan fingerprint density at radius 2 is 2.00 bits per heavy atom. The molecule has 2 aliphatic heterocycles. The van der Waals surface area contributed by atoms with Gasteiger partial charge in [0, 0.05) is 5.75 Å². The van der Waals surface area contributed by atoms with E-state index in [0.717, 1.165) is 4.90 Å². The number of amides is 4. The number of nitrogens with zero attached hydrogens (tertiary/aromatic N) is 2. The molecule has 4 amide bonds.